The van der Waals surface area contributed by atoms with Crippen molar-refractivity contribution in [2.75, 3.05) is 19.8 Å². The Hall–Kier alpha value is -0.500. The summed E-state index contributed by atoms with van der Waals surface area (Å²) >= 11 is 0. The van der Waals surface area contributed by atoms with Crippen molar-refractivity contribution in [3.63, 3.8) is 0 Å². The summed E-state index contributed by atoms with van der Waals surface area (Å²) in [6, 6.07) is 0. The Labute approximate surface area is 132 Å². The second-order valence-corrected chi connectivity index (χ2v) is 6.04. The van der Waals surface area contributed by atoms with Crippen molar-refractivity contribution >= 4 is 0 Å². The highest BCUT2D eigenvalue weighted by Crippen LogP contribution is 2.32. The summed E-state index contributed by atoms with van der Waals surface area (Å²) in [7, 11) is 0. The average Bonchev–Trinajstić information content (AvgIpc) is 2.87. The van der Waals surface area contributed by atoms with E-state index >= 15 is 0 Å². The van der Waals surface area contributed by atoms with Gasteiger partial charge in [-0.25, -0.2) is 0 Å². The Morgan fingerprint density at radius 2 is 1.70 bits per heavy atom. The molecule has 0 aromatic rings. The van der Waals surface area contributed by atoms with E-state index in [9.17, 15) is 26.3 Å². The van der Waals surface area contributed by atoms with Gasteiger partial charge in [-0.2, -0.15) is 26.3 Å². The third-order valence-corrected chi connectivity index (χ3v) is 3.82. The minimum absolute atomic E-state index is 0.0627. The first-order valence-electron chi connectivity index (χ1n) is 7.98. The molecule has 0 N–H and O–H groups in total. The van der Waals surface area contributed by atoms with Crippen molar-refractivity contribution in [1.82, 2.24) is 0 Å². The molecule has 1 aliphatic heterocycles. The van der Waals surface area contributed by atoms with Gasteiger partial charge in [-0.1, -0.05) is 0 Å². The van der Waals surface area contributed by atoms with Gasteiger partial charge in [-0.15, -0.1) is 0 Å². The fraction of sp³-hybridized carbons (Fsp3) is 1.00. The molecule has 138 valence electrons. The highest BCUT2D eigenvalue weighted by molar-refractivity contribution is 4.67. The second kappa shape index (κ2) is 9.71. The van der Waals surface area contributed by atoms with Gasteiger partial charge in [0.25, 0.3) is 0 Å². The molecule has 0 bridgehead atoms. The van der Waals surface area contributed by atoms with Crippen LogP contribution in [0.2, 0.25) is 0 Å². The fourth-order valence-corrected chi connectivity index (χ4v) is 2.73. The zero-order valence-corrected chi connectivity index (χ0v) is 13.0. The molecule has 1 heterocycles. The van der Waals surface area contributed by atoms with Gasteiger partial charge < -0.3 is 9.47 Å². The van der Waals surface area contributed by atoms with Crippen LogP contribution >= 0.6 is 0 Å². The van der Waals surface area contributed by atoms with Crippen LogP contribution in [-0.4, -0.2) is 38.3 Å². The van der Waals surface area contributed by atoms with Crippen LogP contribution in [0, 0.1) is 5.92 Å². The summed E-state index contributed by atoms with van der Waals surface area (Å²) in [5.74, 6) is -0.774. The molecule has 1 rings (SSSR count). The molecule has 1 saturated heterocycles. The van der Waals surface area contributed by atoms with E-state index in [1.165, 1.54) is 0 Å². The Morgan fingerprint density at radius 1 is 1.00 bits per heavy atom. The maximum atomic E-state index is 12.5. The predicted molar refractivity (Wildman–Crippen MR) is 73.1 cm³/mol. The first-order valence-corrected chi connectivity index (χ1v) is 7.98. The zero-order chi connectivity index (χ0) is 17.3. The van der Waals surface area contributed by atoms with Crippen LogP contribution in [0.5, 0.6) is 0 Å². The van der Waals surface area contributed by atoms with E-state index in [1.807, 2.05) is 0 Å². The molecule has 0 amide bonds. The third kappa shape index (κ3) is 11.6. The molecule has 0 aromatic carbocycles. The van der Waals surface area contributed by atoms with Gasteiger partial charge in [0, 0.05) is 26.1 Å². The minimum Gasteiger partial charge on any atom is -0.379 e. The van der Waals surface area contributed by atoms with Crippen molar-refractivity contribution in [1.29, 1.82) is 0 Å². The van der Waals surface area contributed by atoms with Gasteiger partial charge in [-0.05, 0) is 44.4 Å². The summed E-state index contributed by atoms with van der Waals surface area (Å²) in [5.41, 5.74) is 0. The van der Waals surface area contributed by atoms with Crippen molar-refractivity contribution in [3.8, 4) is 0 Å². The van der Waals surface area contributed by atoms with Gasteiger partial charge >= 0.3 is 12.4 Å². The molecule has 8 heteroatoms. The molecule has 0 spiro atoms. The number of halogens is 6. The highest BCUT2D eigenvalue weighted by atomic mass is 19.4. The molecule has 0 saturated carbocycles. The average molecular weight is 350 g/mol. The van der Waals surface area contributed by atoms with Crippen LogP contribution < -0.4 is 0 Å². The molecule has 0 aromatic heterocycles. The first-order chi connectivity index (χ1) is 10.7. The van der Waals surface area contributed by atoms with Gasteiger partial charge in [0.2, 0.25) is 0 Å². The van der Waals surface area contributed by atoms with Crippen LogP contribution in [0.15, 0.2) is 0 Å². The zero-order valence-electron chi connectivity index (χ0n) is 13.0. The van der Waals surface area contributed by atoms with Crippen LogP contribution in [-0.2, 0) is 9.47 Å². The number of rotatable bonds is 10. The number of hydrogen-bond donors (Lipinski definition) is 0. The predicted octanol–water partition coefficient (Wildman–Crippen LogP) is 5.26. The van der Waals surface area contributed by atoms with E-state index in [0.717, 1.165) is 12.8 Å². The van der Waals surface area contributed by atoms with Gasteiger partial charge in [0.05, 0.1) is 12.7 Å². The Morgan fingerprint density at radius 3 is 2.26 bits per heavy atom. The maximum Gasteiger partial charge on any atom is 0.389 e. The Balaban J connectivity index is 2.19. The summed E-state index contributed by atoms with van der Waals surface area (Å²) < 4.78 is 84.4. The van der Waals surface area contributed by atoms with Crippen LogP contribution in [0.1, 0.15) is 51.4 Å². The lowest BCUT2D eigenvalue weighted by Crippen LogP contribution is -2.18. The third-order valence-electron chi connectivity index (χ3n) is 3.82. The molecule has 0 radical (unpaired) electrons. The van der Waals surface area contributed by atoms with Crippen LogP contribution in [0.4, 0.5) is 26.3 Å². The van der Waals surface area contributed by atoms with E-state index in [2.05, 4.69) is 0 Å². The van der Waals surface area contributed by atoms with Gasteiger partial charge in [0.1, 0.15) is 0 Å². The minimum atomic E-state index is -4.35. The van der Waals surface area contributed by atoms with Crippen molar-refractivity contribution < 1.29 is 35.8 Å². The van der Waals surface area contributed by atoms with Crippen molar-refractivity contribution in [2.45, 2.75) is 69.8 Å². The summed E-state index contributed by atoms with van der Waals surface area (Å²) in [5, 5.41) is 0. The van der Waals surface area contributed by atoms with Gasteiger partial charge in [-0.3, -0.25) is 0 Å². The summed E-state index contributed by atoms with van der Waals surface area (Å²) in [6.07, 6.45) is -8.43. The van der Waals surface area contributed by atoms with Crippen molar-refractivity contribution in [2.24, 2.45) is 5.92 Å². The Bertz CT molecular complexity index is 310. The summed E-state index contributed by atoms with van der Waals surface area (Å²) in [4.78, 5) is 0. The molecule has 2 atom stereocenters. The molecule has 23 heavy (non-hydrogen) atoms. The summed E-state index contributed by atoms with van der Waals surface area (Å²) in [6.45, 7) is 1.45. The standard InChI is InChI=1S/C15H24F6O2/c16-14(17,18)7-1-4-12(10-15(19,20)21)5-2-8-22-11-13-6-3-9-23-13/h12-13H,1-11H2. The molecule has 1 aliphatic rings. The number of hydrogen-bond acceptors (Lipinski definition) is 2. The molecule has 2 nitrogen and oxygen atoms in total. The number of alkyl halides is 6. The van der Waals surface area contributed by atoms with Crippen LogP contribution in [0.3, 0.4) is 0 Å². The monoisotopic (exact) mass is 350 g/mol. The molecular formula is C15H24F6O2. The topological polar surface area (TPSA) is 18.5 Å². The normalized spacial score (nSPS) is 20.9. The second-order valence-electron chi connectivity index (χ2n) is 6.04. The smallest absolute Gasteiger partial charge is 0.379 e. The fourth-order valence-electron chi connectivity index (χ4n) is 2.73. The molecule has 0 aliphatic carbocycles. The van der Waals surface area contributed by atoms with Crippen LogP contribution in [0.25, 0.3) is 0 Å². The number of ether oxygens (including phenoxy) is 2. The lowest BCUT2D eigenvalue weighted by Gasteiger charge is -2.19. The van der Waals surface area contributed by atoms with Crippen molar-refractivity contribution in [3.05, 3.63) is 0 Å². The largest absolute Gasteiger partial charge is 0.389 e. The SMILES string of the molecule is FC(F)(F)CCCC(CCCOCC1CCCO1)CC(F)(F)F. The first kappa shape index (κ1) is 20.5. The lowest BCUT2D eigenvalue weighted by atomic mass is 9.93. The van der Waals surface area contributed by atoms with E-state index in [0.29, 0.717) is 26.2 Å². The van der Waals surface area contributed by atoms with E-state index < -0.39 is 31.1 Å². The lowest BCUT2D eigenvalue weighted by molar-refractivity contribution is -0.148. The highest BCUT2D eigenvalue weighted by Gasteiger charge is 2.32. The van der Waals surface area contributed by atoms with Gasteiger partial charge in [0.15, 0.2) is 0 Å². The van der Waals surface area contributed by atoms with E-state index in [4.69, 9.17) is 9.47 Å². The molecule has 1 fully saturated rings. The van der Waals surface area contributed by atoms with E-state index in [1.54, 1.807) is 0 Å². The van der Waals surface area contributed by atoms with E-state index in [-0.39, 0.29) is 25.4 Å². The Kier molecular flexibility index (Phi) is 8.68. The molecule has 2 unspecified atom stereocenters. The maximum absolute atomic E-state index is 12.5. The quantitative estimate of drug-likeness (QED) is 0.395. The molecular weight excluding hydrogens is 326 g/mol.